The van der Waals surface area contributed by atoms with Gasteiger partial charge in [0.2, 0.25) is 5.95 Å². The van der Waals surface area contributed by atoms with Crippen LogP contribution < -0.4 is 11.3 Å². The summed E-state index contributed by atoms with van der Waals surface area (Å²) in [5, 5.41) is 20.3. The predicted octanol–water partition coefficient (Wildman–Crippen LogP) is -2.34. The van der Waals surface area contributed by atoms with Gasteiger partial charge in [-0.1, -0.05) is 0 Å². The van der Waals surface area contributed by atoms with Gasteiger partial charge < -0.3 is 35.4 Å². The molecule has 1 aliphatic heterocycles. The van der Waals surface area contributed by atoms with E-state index in [1.165, 1.54) is 0 Å². The van der Waals surface area contributed by atoms with Crippen LogP contribution in [0.1, 0.15) is 6.23 Å². The number of anilines is 1. The highest BCUT2D eigenvalue weighted by Gasteiger charge is 2.45. The molecule has 2 aromatic rings. The Hall–Kier alpha value is -1.29. The molecule has 0 aliphatic carbocycles. The molecular weight excluding hydrogens is 444 g/mol. The van der Waals surface area contributed by atoms with Crippen molar-refractivity contribution in [1.82, 2.24) is 19.5 Å². The van der Waals surface area contributed by atoms with Crippen molar-refractivity contribution < 1.29 is 43.0 Å². The molecule has 1 fully saturated rings. The first-order valence-corrected chi connectivity index (χ1v) is 11.5. The van der Waals surface area contributed by atoms with Gasteiger partial charge in [-0.05, 0) is 11.8 Å². The highest BCUT2D eigenvalue weighted by Crippen LogP contribution is 2.58. The Balaban J connectivity index is 1.79. The fourth-order valence-corrected chi connectivity index (χ4v) is 4.91. The molecule has 2 aromatic heterocycles. The molecule has 0 aromatic carbocycles. The fourth-order valence-electron chi connectivity index (χ4n) is 2.55. The molecule has 5 atom stereocenters. The lowest BCUT2D eigenvalue weighted by Crippen LogP contribution is -2.33. The van der Waals surface area contributed by atoms with Gasteiger partial charge in [0.1, 0.15) is 18.3 Å². The number of hydrogen-bond acceptors (Lipinski definition) is 11. The molecule has 1 unspecified atom stereocenters. The van der Waals surface area contributed by atoms with Crippen LogP contribution in [0.25, 0.3) is 11.2 Å². The van der Waals surface area contributed by atoms with Crippen molar-refractivity contribution in [3.8, 4) is 0 Å². The van der Waals surface area contributed by atoms with Gasteiger partial charge in [-0.2, -0.15) is 4.98 Å². The predicted molar refractivity (Wildman–Crippen MR) is 94.1 cm³/mol. The molecule has 3 heterocycles. The minimum Gasteiger partial charge on any atom is -0.387 e. The Labute approximate surface area is 160 Å². The van der Waals surface area contributed by atoms with Gasteiger partial charge in [0.05, 0.1) is 12.9 Å². The van der Waals surface area contributed by atoms with E-state index in [2.05, 4.69) is 35.6 Å². The largest absolute Gasteiger partial charge is 0.479 e. The number of aliphatic hydroxyl groups excluding tert-OH is 2. The maximum Gasteiger partial charge on any atom is 0.479 e. The average molecular weight is 459 g/mol. The third kappa shape index (κ3) is 4.48. The van der Waals surface area contributed by atoms with E-state index in [0.717, 1.165) is 10.9 Å². The number of ether oxygens (including phenoxy) is 1. The first-order valence-electron chi connectivity index (χ1n) is 7.36. The van der Waals surface area contributed by atoms with Crippen molar-refractivity contribution in [2.24, 2.45) is 0 Å². The smallest absolute Gasteiger partial charge is 0.387 e. The second-order valence-corrected chi connectivity index (χ2v) is 9.91. The normalized spacial score (nSPS) is 27.9. The summed E-state index contributed by atoms with van der Waals surface area (Å²) in [7, 11) is -4.97. The SMILES string of the molecule is Nc1nc2c(ncn2[C@H]2O[C@@H](COP(=O)(O)OP(O)(O)=S)[C@H](O)[C@@H]2O)c(=O)[nH]1. The zero-order valence-electron chi connectivity index (χ0n) is 13.6. The van der Waals surface area contributed by atoms with Crippen LogP contribution in [0.5, 0.6) is 0 Å². The van der Waals surface area contributed by atoms with E-state index < -0.39 is 51.2 Å². The minimum absolute atomic E-state index is 0.0310. The fraction of sp³-hybridized carbons (Fsp3) is 0.500. The quantitative estimate of drug-likeness (QED) is 0.224. The molecule has 0 saturated carbocycles. The molecule has 0 spiro atoms. The van der Waals surface area contributed by atoms with Crippen molar-refractivity contribution in [1.29, 1.82) is 0 Å². The number of nitrogens with two attached hydrogens (primary N) is 1. The molecule has 1 aliphatic rings. The monoisotopic (exact) mass is 459 g/mol. The number of nitrogens with zero attached hydrogens (tertiary/aromatic N) is 3. The number of aliphatic hydroxyl groups is 2. The molecule has 0 bridgehead atoms. The van der Waals surface area contributed by atoms with Crippen molar-refractivity contribution in [2.75, 3.05) is 12.3 Å². The summed E-state index contributed by atoms with van der Waals surface area (Å²) in [4.78, 5) is 49.0. The van der Waals surface area contributed by atoms with Crippen LogP contribution in [0.15, 0.2) is 11.1 Å². The molecule has 0 radical (unpaired) electrons. The van der Waals surface area contributed by atoms with E-state index in [1.54, 1.807) is 0 Å². The highest BCUT2D eigenvalue weighted by atomic mass is 32.5. The molecule has 8 N–H and O–H groups in total. The van der Waals surface area contributed by atoms with E-state index in [9.17, 15) is 24.5 Å². The molecule has 3 rings (SSSR count). The number of phosphoric acid groups is 1. The van der Waals surface area contributed by atoms with Gasteiger partial charge in [-0.25, -0.2) is 13.9 Å². The van der Waals surface area contributed by atoms with Gasteiger partial charge in [0, 0.05) is 0 Å². The second-order valence-electron chi connectivity index (χ2n) is 5.66. The first-order chi connectivity index (χ1) is 12.9. The lowest BCUT2D eigenvalue weighted by Gasteiger charge is -2.18. The van der Waals surface area contributed by atoms with Gasteiger partial charge in [0.15, 0.2) is 17.4 Å². The number of rotatable bonds is 6. The summed E-state index contributed by atoms with van der Waals surface area (Å²) in [5.74, 6) is -0.214. The number of phosphoric ester groups is 1. The van der Waals surface area contributed by atoms with E-state index in [4.69, 9.17) is 20.3 Å². The van der Waals surface area contributed by atoms with Crippen LogP contribution in [0.4, 0.5) is 5.95 Å². The summed E-state index contributed by atoms with van der Waals surface area (Å²) in [5.41, 5.74) is 4.73. The molecule has 28 heavy (non-hydrogen) atoms. The molecule has 18 heteroatoms. The zero-order chi connectivity index (χ0) is 20.9. The van der Waals surface area contributed by atoms with Crippen molar-refractivity contribution in [2.45, 2.75) is 24.5 Å². The van der Waals surface area contributed by atoms with Gasteiger partial charge >= 0.3 is 14.5 Å². The number of imidazole rings is 1. The second kappa shape index (κ2) is 7.51. The number of nitrogens with one attached hydrogen (secondary N) is 1. The van der Waals surface area contributed by atoms with E-state index in [1.807, 2.05) is 0 Å². The van der Waals surface area contributed by atoms with Crippen molar-refractivity contribution >= 4 is 43.5 Å². The summed E-state index contributed by atoms with van der Waals surface area (Å²) in [6.07, 6.45) is -4.65. The van der Waals surface area contributed by atoms with Crippen LogP contribution >= 0.6 is 14.5 Å². The topological polar surface area (TPSA) is 235 Å². The van der Waals surface area contributed by atoms with Gasteiger partial charge in [-0.3, -0.25) is 18.9 Å². The number of fused-ring (bicyclic) bond motifs is 1. The standard InChI is InChI=1S/C10H15N5O10P2S/c11-10-13-7-4(8(18)14-10)12-2-15(7)9-6(17)5(16)3(24-9)1-23-26(19,20)25-27(21,22)28/h2-3,5-6,9,16-17H,1H2,(H,19,20)(H2,21,22,28)(H3,11,13,14,18)/t3-,5-,6-,9-/m0/s1. The lowest BCUT2D eigenvalue weighted by molar-refractivity contribution is -0.0502. The number of hydrogen-bond donors (Lipinski definition) is 7. The van der Waals surface area contributed by atoms with Gasteiger partial charge in [0.25, 0.3) is 5.56 Å². The van der Waals surface area contributed by atoms with Crippen molar-refractivity contribution in [3.63, 3.8) is 0 Å². The molecule has 15 nitrogen and oxygen atoms in total. The summed E-state index contributed by atoms with van der Waals surface area (Å²) < 4.78 is 26.7. The Kier molecular flexibility index (Phi) is 5.75. The summed E-state index contributed by atoms with van der Waals surface area (Å²) in [6, 6.07) is 0. The Morgan fingerprint density at radius 1 is 1.36 bits per heavy atom. The Morgan fingerprint density at radius 2 is 2.04 bits per heavy atom. The molecule has 1 saturated heterocycles. The van der Waals surface area contributed by atoms with Crippen LogP contribution in [0.3, 0.4) is 0 Å². The van der Waals surface area contributed by atoms with E-state index in [0.29, 0.717) is 0 Å². The van der Waals surface area contributed by atoms with Crippen LogP contribution in [0.2, 0.25) is 0 Å². The molecular formula is C10H15N5O10P2S. The Morgan fingerprint density at radius 3 is 2.68 bits per heavy atom. The lowest BCUT2D eigenvalue weighted by atomic mass is 10.1. The Bertz CT molecular complexity index is 1040. The highest BCUT2D eigenvalue weighted by molar-refractivity contribution is 8.08. The summed E-state index contributed by atoms with van der Waals surface area (Å²) >= 11 is 4.07. The number of nitrogen functional groups attached to an aromatic ring is 1. The van der Waals surface area contributed by atoms with Crippen LogP contribution in [0, 0.1) is 0 Å². The van der Waals surface area contributed by atoms with Crippen LogP contribution in [-0.2, 0) is 29.9 Å². The van der Waals surface area contributed by atoms with Gasteiger partial charge in [-0.15, -0.1) is 0 Å². The van der Waals surface area contributed by atoms with Crippen molar-refractivity contribution in [3.05, 3.63) is 16.7 Å². The maximum atomic E-state index is 11.8. The first kappa shape index (κ1) is 21.4. The number of H-pyrrole nitrogens is 1. The number of aromatic nitrogens is 4. The number of aromatic amines is 1. The van der Waals surface area contributed by atoms with E-state index in [-0.39, 0.29) is 17.1 Å². The van der Waals surface area contributed by atoms with E-state index >= 15 is 0 Å². The third-order valence-electron chi connectivity index (χ3n) is 3.67. The average Bonchev–Trinajstić information content (AvgIpc) is 3.06. The van der Waals surface area contributed by atoms with Crippen LogP contribution in [-0.4, -0.2) is 69.3 Å². The third-order valence-corrected chi connectivity index (χ3v) is 6.43. The maximum absolute atomic E-state index is 11.8. The molecule has 156 valence electrons. The zero-order valence-corrected chi connectivity index (χ0v) is 16.2. The minimum atomic E-state index is -4.97. The summed E-state index contributed by atoms with van der Waals surface area (Å²) in [6.45, 7) is -5.26. The molecule has 0 amide bonds.